The fourth-order valence-electron chi connectivity index (χ4n) is 8.61. The second kappa shape index (κ2) is 11.0. The van der Waals surface area contributed by atoms with E-state index < -0.39 is 6.04 Å². The van der Waals surface area contributed by atoms with Crippen molar-refractivity contribution in [3.05, 3.63) is 29.3 Å². The lowest BCUT2D eigenvalue weighted by Crippen LogP contribution is -2.58. The maximum atomic E-state index is 13.0. The van der Waals surface area contributed by atoms with Gasteiger partial charge in [-0.25, -0.2) is 0 Å². The van der Waals surface area contributed by atoms with Gasteiger partial charge in [0.05, 0.1) is 0 Å². The van der Waals surface area contributed by atoms with E-state index in [1.165, 1.54) is 77.2 Å². The lowest BCUT2D eigenvalue weighted by atomic mass is 9.53. The third-order valence-corrected chi connectivity index (χ3v) is 10.0. The third kappa shape index (κ3) is 5.36. The monoisotopic (exact) mass is 520 g/mol. The first-order valence-electron chi connectivity index (χ1n) is 15.3. The van der Waals surface area contributed by atoms with Crippen molar-refractivity contribution in [2.45, 2.75) is 108 Å². The van der Waals surface area contributed by atoms with Crippen molar-refractivity contribution >= 4 is 23.4 Å². The number of carbonyl (C=O) groups excluding carboxylic acids is 3. The fraction of sp³-hybridized carbons (Fsp3) is 0.710. The van der Waals surface area contributed by atoms with Crippen LogP contribution >= 0.6 is 0 Å². The highest BCUT2D eigenvalue weighted by Crippen LogP contribution is 2.55. The fourth-order valence-corrected chi connectivity index (χ4v) is 8.61. The molecular weight excluding hydrogens is 476 g/mol. The zero-order valence-corrected chi connectivity index (χ0v) is 22.7. The molecule has 1 unspecified atom stereocenters. The summed E-state index contributed by atoms with van der Waals surface area (Å²) in [6.45, 7) is 2.50. The van der Waals surface area contributed by atoms with Crippen LogP contribution in [-0.4, -0.2) is 47.3 Å². The van der Waals surface area contributed by atoms with Gasteiger partial charge in [-0.3, -0.25) is 19.7 Å². The molecule has 206 valence electrons. The van der Waals surface area contributed by atoms with Crippen LogP contribution in [0.25, 0.3) is 0 Å². The average molecular weight is 521 g/mol. The van der Waals surface area contributed by atoms with Crippen LogP contribution in [0.3, 0.4) is 0 Å². The van der Waals surface area contributed by atoms with Crippen LogP contribution in [0.15, 0.2) is 18.2 Å². The van der Waals surface area contributed by atoms with Crippen LogP contribution in [0, 0.1) is 17.8 Å². The molecule has 2 heterocycles. The Labute approximate surface area is 226 Å². The summed E-state index contributed by atoms with van der Waals surface area (Å²) in [4.78, 5) is 38.4. The number of unbranched alkanes of at least 4 members (excludes halogenated alkanes) is 5. The summed E-state index contributed by atoms with van der Waals surface area (Å²) in [5, 5.41) is 9.95. The summed E-state index contributed by atoms with van der Waals surface area (Å²) < 4.78 is 0. The van der Waals surface area contributed by atoms with E-state index >= 15 is 0 Å². The Balaban J connectivity index is 0.869. The predicted molar refractivity (Wildman–Crippen MR) is 148 cm³/mol. The van der Waals surface area contributed by atoms with Gasteiger partial charge in [-0.1, -0.05) is 31.7 Å². The van der Waals surface area contributed by atoms with E-state index in [0.717, 1.165) is 42.0 Å². The number of piperidine rings is 1. The van der Waals surface area contributed by atoms with E-state index in [9.17, 15) is 14.4 Å². The highest BCUT2D eigenvalue weighted by Gasteiger charge is 2.50. The van der Waals surface area contributed by atoms with Crippen molar-refractivity contribution < 1.29 is 14.4 Å². The third-order valence-electron chi connectivity index (χ3n) is 10.0. The molecule has 0 radical (unpaired) electrons. The molecule has 38 heavy (non-hydrogen) atoms. The van der Waals surface area contributed by atoms with Gasteiger partial charge in [0.1, 0.15) is 6.04 Å². The van der Waals surface area contributed by atoms with Gasteiger partial charge in [0.2, 0.25) is 11.8 Å². The van der Waals surface area contributed by atoms with Gasteiger partial charge in [0, 0.05) is 41.9 Å². The number of hydrogen-bond donors (Lipinski definition) is 3. The SMILES string of the molecule is O=C1CCC(N2Cc3c(NCCCCCCCCNC45CC6CC(CC(C6)C4)C5)cccc3C2=O)C(=O)N1. The number of amides is 3. The molecule has 0 spiro atoms. The van der Waals surface area contributed by atoms with Gasteiger partial charge in [-0.2, -0.15) is 0 Å². The first-order valence-corrected chi connectivity index (χ1v) is 15.3. The molecule has 2 aliphatic heterocycles. The van der Waals surface area contributed by atoms with Crippen LogP contribution in [0.1, 0.15) is 106 Å². The standard InChI is InChI=1S/C31H44N4O3/c36-28-11-10-27(29(37)34-28)35-20-25-24(30(35)38)8-7-9-26(25)32-12-5-3-1-2-4-6-13-33-31-17-21-14-22(18-31)16-23(15-21)19-31/h7-9,21-23,27,32-33H,1-6,10-20H2,(H,34,36,37). The minimum Gasteiger partial charge on any atom is -0.385 e. The van der Waals surface area contributed by atoms with E-state index in [2.05, 4.69) is 16.0 Å². The molecular formula is C31H44N4O3. The van der Waals surface area contributed by atoms with Gasteiger partial charge < -0.3 is 15.5 Å². The molecule has 6 aliphatic rings. The first kappa shape index (κ1) is 25.8. The van der Waals surface area contributed by atoms with Crippen LogP contribution in [0.5, 0.6) is 0 Å². The number of hydrogen-bond acceptors (Lipinski definition) is 5. The molecule has 0 aromatic heterocycles. The van der Waals surface area contributed by atoms with Gasteiger partial charge in [-0.05, 0) is 94.2 Å². The second-order valence-electron chi connectivity index (χ2n) is 12.9. The molecule has 1 atom stereocenters. The van der Waals surface area contributed by atoms with Crippen molar-refractivity contribution in [1.82, 2.24) is 15.5 Å². The number of nitrogens with one attached hydrogen (secondary N) is 3. The molecule has 1 aromatic carbocycles. The quantitative estimate of drug-likeness (QED) is 0.273. The van der Waals surface area contributed by atoms with Gasteiger partial charge in [0.25, 0.3) is 5.91 Å². The summed E-state index contributed by atoms with van der Waals surface area (Å²) in [5.74, 6) is 2.32. The van der Waals surface area contributed by atoms with Gasteiger partial charge in [0.15, 0.2) is 0 Å². The minimum atomic E-state index is -0.567. The summed E-state index contributed by atoms with van der Waals surface area (Å²) >= 11 is 0. The molecule has 3 N–H and O–H groups in total. The summed E-state index contributed by atoms with van der Waals surface area (Å²) in [5.41, 5.74) is 3.12. The molecule has 7 heteroatoms. The summed E-state index contributed by atoms with van der Waals surface area (Å²) in [6, 6.07) is 5.21. The molecule has 7 rings (SSSR count). The number of fused-ring (bicyclic) bond motifs is 1. The maximum Gasteiger partial charge on any atom is 0.255 e. The smallest absolute Gasteiger partial charge is 0.255 e. The van der Waals surface area contributed by atoms with Crippen LogP contribution < -0.4 is 16.0 Å². The molecule has 5 fully saturated rings. The van der Waals surface area contributed by atoms with E-state index in [-0.39, 0.29) is 24.1 Å². The van der Waals surface area contributed by atoms with Gasteiger partial charge >= 0.3 is 0 Å². The van der Waals surface area contributed by atoms with E-state index in [1.54, 1.807) is 4.90 Å². The number of imide groups is 1. The van der Waals surface area contributed by atoms with Gasteiger partial charge in [-0.15, -0.1) is 0 Å². The number of carbonyl (C=O) groups is 3. The van der Waals surface area contributed by atoms with E-state index in [4.69, 9.17) is 0 Å². The first-order chi connectivity index (χ1) is 18.5. The van der Waals surface area contributed by atoms with Crippen molar-refractivity contribution in [1.29, 1.82) is 0 Å². The Kier molecular flexibility index (Phi) is 7.48. The van der Waals surface area contributed by atoms with Crippen LogP contribution in [0.4, 0.5) is 5.69 Å². The van der Waals surface area contributed by atoms with Crippen molar-refractivity contribution in [2.24, 2.45) is 17.8 Å². The molecule has 1 aromatic rings. The molecule has 4 aliphatic carbocycles. The summed E-state index contributed by atoms with van der Waals surface area (Å²) in [7, 11) is 0. The van der Waals surface area contributed by atoms with Crippen molar-refractivity contribution in [3.63, 3.8) is 0 Å². The normalized spacial score (nSPS) is 31.6. The Morgan fingerprint density at radius 1 is 0.868 bits per heavy atom. The van der Waals surface area contributed by atoms with E-state index in [1.807, 2.05) is 18.2 Å². The molecule has 4 saturated carbocycles. The topological polar surface area (TPSA) is 90.5 Å². The number of benzene rings is 1. The molecule has 4 bridgehead atoms. The lowest BCUT2D eigenvalue weighted by Gasteiger charge is -2.57. The Bertz CT molecular complexity index is 1030. The Morgan fingerprint density at radius 3 is 2.21 bits per heavy atom. The molecule has 7 nitrogen and oxygen atoms in total. The van der Waals surface area contributed by atoms with Crippen LogP contribution in [-0.2, 0) is 16.1 Å². The number of nitrogens with zero attached hydrogens (tertiary/aromatic N) is 1. The van der Waals surface area contributed by atoms with Crippen molar-refractivity contribution in [3.8, 4) is 0 Å². The zero-order chi connectivity index (χ0) is 26.1. The average Bonchev–Trinajstić information content (AvgIpc) is 3.21. The maximum absolute atomic E-state index is 13.0. The highest BCUT2D eigenvalue weighted by atomic mass is 16.2. The predicted octanol–water partition coefficient (Wildman–Crippen LogP) is 4.76. The second-order valence-corrected chi connectivity index (χ2v) is 12.9. The van der Waals surface area contributed by atoms with E-state index in [0.29, 0.717) is 24.1 Å². The molecule has 1 saturated heterocycles. The molecule has 3 amide bonds. The number of rotatable bonds is 12. The highest BCUT2D eigenvalue weighted by molar-refractivity contribution is 6.06. The van der Waals surface area contributed by atoms with Crippen LogP contribution in [0.2, 0.25) is 0 Å². The zero-order valence-electron chi connectivity index (χ0n) is 22.7. The summed E-state index contributed by atoms with van der Waals surface area (Å²) in [6.07, 6.45) is 17.1. The Morgan fingerprint density at radius 2 is 1.53 bits per heavy atom. The van der Waals surface area contributed by atoms with Crippen molar-refractivity contribution in [2.75, 3.05) is 18.4 Å². The minimum absolute atomic E-state index is 0.115. The Hall–Kier alpha value is -2.41. The largest absolute Gasteiger partial charge is 0.385 e. The lowest BCUT2D eigenvalue weighted by molar-refractivity contribution is -0.136. The number of anilines is 1.